The Morgan fingerprint density at radius 2 is 1.88 bits per heavy atom. The summed E-state index contributed by atoms with van der Waals surface area (Å²) in [6.45, 7) is 4.24. The summed E-state index contributed by atoms with van der Waals surface area (Å²) in [6.07, 6.45) is -0.374. The van der Waals surface area contributed by atoms with E-state index in [0.29, 0.717) is 39.4 Å². The van der Waals surface area contributed by atoms with Crippen LogP contribution in [0.5, 0.6) is 5.75 Å². The third kappa shape index (κ3) is 4.21. The molecule has 4 aromatic rings. The van der Waals surface area contributed by atoms with Gasteiger partial charge in [0.15, 0.2) is 0 Å². The van der Waals surface area contributed by atoms with Crippen molar-refractivity contribution in [2.75, 3.05) is 0 Å². The SMILES string of the molecule is CCC(c1nc2ccc(C(F)(F)F)cc2[nH]1)C1CC(Oc2ccnc3ccc(F)cc23)CC1C. The summed E-state index contributed by atoms with van der Waals surface area (Å²) in [7, 11) is 0. The van der Waals surface area contributed by atoms with Crippen molar-refractivity contribution in [2.45, 2.75) is 51.3 Å². The molecule has 4 nitrogen and oxygen atoms in total. The molecule has 0 spiro atoms. The fourth-order valence-electron chi connectivity index (χ4n) is 5.33. The third-order valence-corrected chi connectivity index (χ3v) is 6.99. The van der Waals surface area contributed by atoms with Gasteiger partial charge in [0.25, 0.3) is 0 Å². The van der Waals surface area contributed by atoms with Crippen molar-refractivity contribution in [2.24, 2.45) is 11.8 Å². The molecule has 0 aliphatic heterocycles. The van der Waals surface area contributed by atoms with E-state index in [1.165, 1.54) is 18.2 Å². The lowest BCUT2D eigenvalue weighted by molar-refractivity contribution is -0.137. The molecule has 2 aromatic carbocycles. The highest BCUT2D eigenvalue weighted by atomic mass is 19.4. The topological polar surface area (TPSA) is 50.8 Å². The van der Waals surface area contributed by atoms with Crippen molar-refractivity contribution in [1.29, 1.82) is 0 Å². The van der Waals surface area contributed by atoms with E-state index in [1.807, 2.05) is 0 Å². The first-order valence-electron chi connectivity index (χ1n) is 11.5. The smallest absolute Gasteiger partial charge is 0.416 e. The van der Waals surface area contributed by atoms with Gasteiger partial charge in [-0.3, -0.25) is 4.98 Å². The minimum atomic E-state index is -4.39. The minimum absolute atomic E-state index is 0.0517. The van der Waals surface area contributed by atoms with Crippen LogP contribution < -0.4 is 4.74 Å². The number of pyridine rings is 1. The number of nitrogens with one attached hydrogen (secondary N) is 1. The van der Waals surface area contributed by atoms with Crippen LogP contribution in [0.1, 0.15) is 50.4 Å². The van der Waals surface area contributed by atoms with E-state index in [9.17, 15) is 17.6 Å². The molecule has 2 aromatic heterocycles. The van der Waals surface area contributed by atoms with E-state index >= 15 is 0 Å². The molecule has 8 heteroatoms. The lowest BCUT2D eigenvalue weighted by Gasteiger charge is -2.24. The third-order valence-electron chi connectivity index (χ3n) is 6.99. The van der Waals surface area contributed by atoms with Crippen molar-refractivity contribution >= 4 is 21.9 Å². The maximum atomic E-state index is 13.8. The zero-order valence-corrected chi connectivity index (χ0v) is 18.9. The molecular weight excluding hydrogens is 446 g/mol. The quantitative estimate of drug-likeness (QED) is 0.312. The number of ether oxygens (including phenoxy) is 1. The van der Waals surface area contributed by atoms with Gasteiger partial charge in [-0.1, -0.05) is 13.8 Å². The van der Waals surface area contributed by atoms with E-state index in [4.69, 9.17) is 4.74 Å². The molecule has 4 unspecified atom stereocenters. The highest BCUT2D eigenvalue weighted by Crippen LogP contribution is 2.44. The van der Waals surface area contributed by atoms with Gasteiger partial charge in [-0.05, 0) is 73.6 Å². The molecule has 1 fully saturated rings. The van der Waals surface area contributed by atoms with Crippen molar-refractivity contribution in [1.82, 2.24) is 15.0 Å². The zero-order chi connectivity index (χ0) is 24.0. The van der Waals surface area contributed by atoms with Gasteiger partial charge >= 0.3 is 6.18 Å². The Hall–Kier alpha value is -3.16. The minimum Gasteiger partial charge on any atom is -0.490 e. The van der Waals surface area contributed by atoms with Crippen LogP contribution in [-0.2, 0) is 6.18 Å². The van der Waals surface area contributed by atoms with Gasteiger partial charge in [0, 0.05) is 17.5 Å². The first-order chi connectivity index (χ1) is 16.2. The van der Waals surface area contributed by atoms with Crippen LogP contribution in [0.3, 0.4) is 0 Å². The zero-order valence-electron chi connectivity index (χ0n) is 18.9. The number of aromatic amines is 1. The highest BCUT2D eigenvalue weighted by molar-refractivity contribution is 5.84. The molecule has 34 heavy (non-hydrogen) atoms. The Kier molecular flexibility index (Phi) is 5.70. The number of halogens is 4. The van der Waals surface area contributed by atoms with E-state index in [0.717, 1.165) is 31.4 Å². The number of alkyl halides is 3. The van der Waals surface area contributed by atoms with Crippen LogP contribution in [0.15, 0.2) is 48.7 Å². The van der Waals surface area contributed by atoms with Crippen molar-refractivity contribution in [3.05, 3.63) is 65.9 Å². The second-order valence-corrected chi connectivity index (χ2v) is 9.19. The summed E-state index contributed by atoms with van der Waals surface area (Å²) in [5, 5.41) is 0.642. The molecule has 1 aliphatic rings. The molecule has 178 valence electrons. The summed E-state index contributed by atoms with van der Waals surface area (Å²) in [5.74, 6) is 1.63. The number of aromatic nitrogens is 3. The summed E-state index contributed by atoms with van der Waals surface area (Å²) in [5.41, 5.74) is 0.914. The molecule has 0 radical (unpaired) electrons. The predicted molar refractivity (Wildman–Crippen MR) is 122 cm³/mol. The number of hydrogen-bond donors (Lipinski definition) is 1. The van der Waals surface area contributed by atoms with E-state index in [2.05, 4.69) is 28.8 Å². The van der Waals surface area contributed by atoms with Crippen LogP contribution in [0.4, 0.5) is 17.6 Å². The molecule has 1 saturated carbocycles. The number of hydrogen-bond acceptors (Lipinski definition) is 3. The fraction of sp³-hybridized carbons (Fsp3) is 0.385. The second-order valence-electron chi connectivity index (χ2n) is 9.19. The van der Waals surface area contributed by atoms with E-state index in [1.54, 1.807) is 18.3 Å². The van der Waals surface area contributed by atoms with Crippen molar-refractivity contribution in [3.63, 3.8) is 0 Å². The first kappa shape index (κ1) is 22.6. The largest absolute Gasteiger partial charge is 0.490 e. The molecule has 0 saturated heterocycles. The van der Waals surface area contributed by atoms with Crippen LogP contribution in [0, 0.1) is 17.7 Å². The van der Waals surface area contributed by atoms with Gasteiger partial charge in [0.2, 0.25) is 0 Å². The standard InChI is InChI=1S/C26H25F4N3O/c1-3-18(25-32-22-6-4-15(26(28,29)30)11-23(22)33-25)19-13-17(10-14(19)2)34-24-8-9-31-21-7-5-16(27)12-20(21)24/h4-9,11-12,14,17-19H,3,10,13H2,1-2H3,(H,32,33). The van der Waals surface area contributed by atoms with Crippen LogP contribution >= 0.6 is 0 Å². The molecule has 1 N–H and O–H groups in total. The molecular formula is C26H25F4N3O. The highest BCUT2D eigenvalue weighted by Gasteiger charge is 2.39. The molecule has 4 atom stereocenters. The Morgan fingerprint density at radius 3 is 2.65 bits per heavy atom. The molecule has 0 bridgehead atoms. The number of rotatable bonds is 5. The molecule has 1 aliphatic carbocycles. The monoisotopic (exact) mass is 471 g/mol. The second kappa shape index (κ2) is 8.56. The fourth-order valence-corrected chi connectivity index (χ4v) is 5.33. The van der Waals surface area contributed by atoms with Crippen LogP contribution in [0.25, 0.3) is 21.9 Å². The van der Waals surface area contributed by atoms with Gasteiger partial charge in [0.05, 0.1) is 28.2 Å². The Morgan fingerprint density at radius 1 is 1.09 bits per heavy atom. The van der Waals surface area contributed by atoms with Gasteiger partial charge < -0.3 is 9.72 Å². The van der Waals surface area contributed by atoms with Gasteiger partial charge in [-0.25, -0.2) is 9.37 Å². The Bertz CT molecular complexity index is 1330. The van der Waals surface area contributed by atoms with Gasteiger partial charge in [-0.15, -0.1) is 0 Å². The number of imidazole rings is 1. The molecule has 5 rings (SSSR count). The lowest BCUT2D eigenvalue weighted by Crippen LogP contribution is -2.17. The summed E-state index contributed by atoms with van der Waals surface area (Å²) < 4.78 is 59.5. The maximum absolute atomic E-state index is 13.8. The Balaban J connectivity index is 1.38. The number of H-pyrrole nitrogens is 1. The lowest BCUT2D eigenvalue weighted by atomic mass is 9.82. The van der Waals surface area contributed by atoms with E-state index in [-0.39, 0.29) is 23.8 Å². The van der Waals surface area contributed by atoms with Gasteiger partial charge in [-0.2, -0.15) is 13.2 Å². The summed E-state index contributed by atoms with van der Waals surface area (Å²) >= 11 is 0. The normalized spacial score (nSPS) is 21.9. The van der Waals surface area contributed by atoms with Crippen LogP contribution in [0.2, 0.25) is 0 Å². The number of nitrogens with zero attached hydrogens (tertiary/aromatic N) is 2. The van der Waals surface area contributed by atoms with Crippen molar-refractivity contribution < 1.29 is 22.3 Å². The number of fused-ring (bicyclic) bond motifs is 2. The predicted octanol–water partition coefficient (Wildman–Crippen LogP) is 7.26. The first-order valence-corrected chi connectivity index (χ1v) is 11.5. The average molecular weight is 471 g/mol. The van der Waals surface area contributed by atoms with E-state index < -0.39 is 11.7 Å². The van der Waals surface area contributed by atoms with Crippen molar-refractivity contribution in [3.8, 4) is 5.75 Å². The average Bonchev–Trinajstić information content (AvgIpc) is 3.37. The van der Waals surface area contributed by atoms with Gasteiger partial charge in [0.1, 0.15) is 17.4 Å². The summed E-state index contributed by atoms with van der Waals surface area (Å²) in [4.78, 5) is 12.1. The Labute approximate surface area is 194 Å². The molecule has 2 heterocycles. The summed E-state index contributed by atoms with van der Waals surface area (Å²) in [6, 6.07) is 9.82. The van der Waals surface area contributed by atoms with Crippen LogP contribution in [-0.4, -0.2) is 21.1 Å². The maximum Gasteiger partial charge on any atom is 0.416 e. The number of benzene rings is 2. The molecule has 0 amide bonds.